The molecular formula is C12H10ClF2N3. The zero-order valence-electron chi connectivity index (χ0n) is 9.54. The third-order valence-electron chi connectivity index (χ3n) is 2.27. The molecule has 2 rings (SSSR count). The maximum Gasteiger partial charge on any atom is 0.223 e. The highest BCUT2D eigenvalue weighted by molar-refractivity contribution is 6.30. The van der Waals surface area contributed by atoms with Crippen molar-refractivity contribution < 1.29 is 8.78 Å². The number of benzene rings is 1. The van der Waals surface area contributed by atoms with Crippen molar-refractivity contribution in [2.45, 2.75) is 6.92 Å². The fraction of sp³-hybridized carbons (Fsp3) is 0.167. The molecule has 0 saturated heterocycles. The van der Waals surface area contributed by atoms with E-state index < -0.39 is 11.6 Å². The second kappa shape index (κ2) is 5.27. The summed E-state index contributed by atoms with van der Waals surface area (Å²) in [5.74, 6) is -1.05. The van der Waals surface area contributed by atoms with Gasteiger partial charge in [-0.15, -0.1) is 0 Å². The Morgan fingerprint density at radius 1 is 1.28 bits per heavy atom. The van der Waals surface area contributed by atoms with Crippen molar-refractivity contribution in [2.75, 3.05) is 11.9 Å². The first-order valence-electron chi connectivity index (χ1n) is 5.33. The first-order valence-corrected chi connectivity index (χ1v) is 5.71. The average Bonchev–Trinajstić information content (AvgIpc) is 2.33. The lowest BCUT2D eigenvalue weighted by molar-refractivity contribution is 0.607. The molecule has 6 heteroatoms. The molecule has 0 aliphatic heterocycles. The predicted octanol–water partition coefficient (Wildman–Crippen LogP) is 3.51. The molecule has 18 heavy (non-hydrogen) atoms. The van der Waals surface area contributed by atoms with E-state index in [9.17, 15) is 8.78 Å². The molecule has 1 N–H and O–H groups in total. The molecule has 0 fully saturated rings. The fourth-order valence-corrected chi connectivity index (χ4v) is 1.64. The van der Waals surface area contributed by atoms with Crippen molar-refractivity contribution in [3.05, 3.63) is 41.1 Å². The van der Waals surface area contributed by atoms with Crippen LogP contribution in [0.4, 0.5) is 14.7 Å². The van der Waals surface area contributed by atoms with Crippen molar-refractivity contribution in [2.24, 2.45) is 0 Å². The van der Waals surface area contributed by atoms with Crippen LogP contribution in [0, 0.1) is 11.6 Å². The number of aromatic nitrogens is 2. The van der Waals surface area contributed by atoms with Crippen LogP contribution in [0.15, 0.2) is 24.4 Å². The molecule has 0 amide bonds. The first-order chi connectivity index (χ1) is 8.61. The molecule has 0 unspecified atom stereocenters. The van der Waals surface area contributed by atoms with E-state index in [2.05, 4.69) is 15.3 Å². The Labute approximate surface area is 108 Å². The van der Waals surface area contributed by atoms with Crippen LogP contribution < -0.4 is 5.32 Å². The van der Waals surface area contributed by atoms with Crippen molar-refractivity contribution in [3.63, 3.8) is 0 Å². The van der Waals surface area contributed by atoms with E-state index >= 15 is 0 Å². The summed E-state index contributed by atoms with van der Waals surface area (Å²) in [5, 5.41) is 3.09. The second-order valence-electron chi connectivity index (χ2n) is 3.54. The van der Waals surface area contributed by atoms with Gasteiger partial charge in [0, 0.05) is 17.1 Å². The quantitative estimate of drug-likeness (QED) is 0.927. The van der Waals surface area contributed by atoms with E-state index in [1.165, 1.54) is 12.1 Å². The molecule has 0 atom stereocenters. The molecule has 0 radical (unpaired) electrons. The summed E-state index contributed by atoms with van der Waals surface area (Å²) >= 11 is 5.65. The van der Waals surface area contributed by atoms with Crippen LogP contribution in [0.25, 0.3) is 11.3 Å². The number of rotatable bonds is 3. The summed E-state index contributed by atoms with van der Waals surface area (Å²) < 4.78 is 27.3. The standard InChI is InChI=1S/C12H10ClF2N3/c1-2-16-12-17-6-10(15)11(18-12)8-4-3-7(13)5-9(8)14/h3-6H,2H2,1H3,(H,16,17,18). The molecule has 94 valence electrons. The van der Waals surface area contributed by atoms with E-state index in [0.29, 0.717) is 6.54 Å². The minimum atomic E-state index is -0.683. The molecular weight excluding hydrogens is 260 g/mol. The number of halogens is 3. The molecule has 1 aromatic heterocycles. The summed E-state index contributed by atoms with van der Waals surface area (Å²) in [6, 6.07) is 3.98. The average molecular weight is 270 g/mol. The molecule has 1 heterocycles. The topological polar surface area (TPSA) is 37.8 Å². The summed E-state index contributed by atoms with van der Waals surface area (Å²) in [5.41, 5.74) is -0.0337. The SMILES string of the molecule is CCNc1ncc(F)c(-c2ccc(Cl)cc2F)n1. The van der Waals surface area contributed by atoms with Crippen molar-refractivity contribution in [1.82, 2.24) is 9.97 Å². The van der Waals surface area contributed by atoms with Crippen molar-refractivity contribution in [1.29, 1.82) is 0 Å². The minimum absolute atomic E-state index is 0.0541. The van der Waals surface area contributed by atoms with E-state index in [0.717, 1.165) is 12.3 Å². The highest BCUT2D eigenvalue weighted by Crippen LogP contribution is 2.26. The highest BCUT2D eigenvalue weighted by Gasteiger charge is 2.13. The Kier molecular flexibility index (Phi) is 3.72. The number of nitrogens with zero attached hydrogens (tertiary/aromatic N) is 2. The zero-order chi connectivity index (χ0) is 13.1. The smallest absolute Gasteiger partial charge is 0.223 e. The molecule has 1 aromatic carbocycles. The van der Waals surface area contributed by atoms with Gasteiger partial charge in [0.05, 0.1) is 6.20 Å². The molecule has 0 saturated carbocycles. The van der Waals surface area contributed by atoms with Crippen LogP contribution in [0.3, 0.4) is 0 Å². The van der Waals surface area contributed by atoms with E-state index in [4.69, 9.17) is 11.6 Å². The summed E-state index contributed by atoms with van der Waals surface area (Å²) in [6.45, 7) is 2.45. The number of hydrogen-bond donors (Lipinski definition) is 1. The van der Waals surface area contributed by atoms with Crippen LogP contribution in [0.2, 0.25) is 5.02 Å². The number of anilines is 1. The monoisotopic (exact) mass is 269 g/mol. The van der Waals surface area contributed by atoms with Crippen molar-refractivity contribution >= 4 is 17.5 Å². The van der Waals surface area contributed by atoms with Gasteiger partial charge >= 0.3 is 0 Å². The van der Waals surface area contributed by atoms with Gasteiger partial charge in [-0.2, -0.15) is 0 Å². The first kappa shape index (κ1) is 12.7. The lowest BCUT2D eigenvalue weighted by Gasteiger charge is -2.07. The maximum atomic E-state index is 13.7. The Balaban J connectivity index is 2.51. The van der Waals surface area contributed by atoms with Crippen LogP contribution in [-0.4, -0.2) is 16.5 Å². The highest BCUT2D eigenvalue weighted by atomic mass is 35.5. The Bertz CT molecular complexity index is 575. The molecule has 0 spiro atoms. The van der Waals surface area contributed by atoms with Gasteiger partial charge in [0.25, 0.3) is 0 Å². The maximum absolute atomic E-state index is 13.7. The Morgan fingerprint density at radius 2 is 2.06 bits per heavy atom. The zero-order valence-corrected chi connectivity index (χ0v) is 10.3. The van der Waals surface area contributed by atoms with Gasteiger partial charge in [-0.1, -0.05) is 11.6 Å². The van der Waals surface area contributed by atoms with Crippen LogP contribution >= 0.6 is 11.6 Å². The lowest BCUT2D eigenvalue weighted by Crippen LogP contribution is -2.04. The van der Waals surface area contributed by atoms with Gasteiger partial charge < -0.3 is 5.32 Å². The van der Waals surface area contributed by atoms with Gasteiger partial charge in [0.2, 0.25) is 5.95 Å². The normalized spacial score (nSPS) is 10.4. The van der Waals surface area contributed by atoms with Gasteiger partial charge in [0.15, 0.2) is 5.82 Å². The summed E-state index contributed by atoms with van der Waals surface area (Å²) in [6.07, 6.45) is 1.01. The molecule has 0 aliphatic carbocycles. The van der Waals surface area contributed by atoms with Crippen LogP contribution in [0.5, 0.6) is 0 Å². The number of hydrogen-bond acceptors (Lipinski definition) is 3. The number of nitrogens with one attached hydrogen (secondary N) is 1. The van der Waals surface area contributed by atoms with E-state index in [1.54, 1.807) is 0 Å². The molecule has 0 bridgehead atoms. The minimum Gasteiger partial charge on any atom is -0.354 e. The van der Waals surface area contributed by atoms with Gasteiger partial charge in [-0.25, -0.2) is 18.7 Å². The molecule has 3 nitrogen and oxygen atoms in total. The summed E-state index contributed by atoms with van der Waals surface area (Å²) in [7, 11) is 0. The van der Waals surface area contributed by atoms with Crippen LogP contribution in [-0.2, 0) is 0 Å². The van der Waals surface area contributed by atoms with Gasteiger partial charge in [0.1, 0.15) is 11.5 Å². The largest absolute Gasteiger partial charge is 0.354 e. The van der Waals surface area contributed by atoms with E-state index in [-0.39, 0.29) is 22.2 Å². The third kappa shape index (κ3) is 2.56. The molecule has 2 aromatic rings. The third-order valence-corrected chi connectivity index (χ3v) is 2.50. The molecule has 0 aliphatic rings. The van der Waals surface area contributed by atoms with Gasteiger partial charge in [-0.3, -0.25) is 0 Å². The lowest BCUT2D eigenvalue weighted by atomic mass is 10.1. The summed E-state index contributed by atoms with van der Waals surface area (Å²) in [4.78, 5) is 7.70. The Morgan fingerprint density at radius 3 is 2.72 bits per heavy atom. The van der Waals surface area contributed by atoms with Gasteiger partial charge in [-0.05, 0) is 25.1 Å². The van der Waals surface area contributed by atoms with E-state index in [1.807, 2.05) is 6.92 Å². The fourth-order valence-electron chi connectivity index (χ4n) is 1.48. The van der Waals surface area contributed by atoms with Crippen LogP contribution in [0.1, 0.15) is 6.92 Å². The Hall–Kier alpha value is -1.75. The van der Waals surface area contributed by atoms with Crippen molar-refractivity contribution in [3.8, 4) is 11.3 Å². The second-order valence-corrected chi connectivity index (χ2v) is 3.98. The predicted molar refractivity (Wildman–Crippen MR) is 66.6 cm³/mol.